The molecule has 0 rings (SSSR count). The number of aliphatic hydroxyl groups is 1. The molecule has 9 heteroatoms. The van der Waals surface area contributed by atoms with Crippen molar-refractivity contribution >= 4 is 13.7 Å². The lowest BCUT2D eigenvalue weighted by Crippen LogP contribution is -2.45. The average Bonchev–Trinajstić information content (AvgIpc) is 3.32. The molecule has 0 aromatic rings. The molecule has 0 aliphatic heterocycles. The van der Waals surface area contributed by atoms with E-state index in [1.165, 1.54) is 218 Å². The fourth-order valence-electron chi connectivity index (χ4n) is 8.78. The van der Waals surface area contributed by atoms with Gasteiger partial charge in [0.25, 0.3) is 0 Å². The molecule has 412 valence electrons. The van der Waals surface area contributed by atoms with Gasteiger partial charge in [-0.1, -0.05) is 255 Å². The third-order valence-electron chi connectivity index (χ3n) is 13.5. The number of quaternary nitrogens is 1. The molecule has 8 nitrogen and oxygen atoms in total. The zero-order valence-corrected chi connectivity index (χ0v) is 47.9. The number of hydrogen-bond donors (Lipinski definition) is 3. The van der Waals surface area contributed by atoms with E-state index in [9.17, 15) is 19.4 Å². The van der Waals surface area contributed by atoms with Gasteiger partial charge in [0.05, 0.1) is 39.9 Å². The molecule has 0 spiro atoms. The molecule has 0 bridgehead atoms. The van der Waals surface area contributed by atoms with Crippen LogP contribution in [0.1, 0.15) is 284 Å². The first-order chi connectivity index (χ1) is 34.0. The van der Waals surface area contributed by atoms with Crippen molar-refractivity contribution in [2.45, 2.75) is 296 Å². The standard InChI is InChI=1S/C61H117N2O6P/c1-6-8-10-12-14-16-18-20-22-24-25-26-27-28-29-30-31-32-33-34-35-36-37-39-41-43-45-47-49-51-53-55-61(65)62-59(58-69-70(66,67)68-57-56-63(3,4)5)60(64)54-52-50-48-46-44-42-40-38-23-21-19-17-15-13-11-9-7-2/h23,28-29,38,44,46,52,54,59-60,64H,6-22,24-27,30-37,39-43,45,47-51,53,55-58H2,1-5H3,(H-,62,65,66,67)/p+1/b29-28-,38-23+,46-44+,54-52+. The molecule has 0 aliphatic rings. The molecule has 3 N–H and O–H groups in total. The average molecular weight is 1010 g/mol. The van der Waals surface area contributed by atoms with Crippen LogP contribution in [-0.2, 0) is 18.4 Å². The summed E-state index contributed by atoms with van der Waals surface area (Å²) in [5, 5.41) is 13.9. The third-order valence-corrected chi connectivity index (χ3v) is 14.5. The summed E-state index contributed by atoms with van der Waals surface area (Å²) in [5.41, 5.74) is 0. The van der Waals surface area contributed by atoms with E-state index in [2.05, 4.69) is 55.6 Å². The van der Waals surface area contributed by atoms with E-state index in [1.807, 2.05) is 27.2 Å². The van der Waals surface area contributed by atoms with E-state index in [4.69, 9.17) is 9.05 Å². The van der Waals surface area contributed by atoms with Crippen molar-refractivity contribution in [1.82, 2.24) is 5.32 Å². The van der Waals surface area contributed by atoms with Gasteiger partial charge in [-0.05, 0) is 70.6 Å². The van der Waals surface area contributed by atoms with Crippen LogP contribution in [0, 0.1) is 0 Å². The molecule has 0 aromatic heterocycles. The van der Waals surface area contributed by atoms with Crippen molar-refractivity contribution in [3.05, 3.63) is 48.6 Å². The van der Waals surface area contributed by atoms with Gasteiger partial charge >= 0.3 is 7.82 Å². The van der Waals surface area contributed by atoms with Gasteiger partial charge in [-0.3, -0.25) is 13.8 Å². The molecule has 0 saturated carbocycles. The zero-order chi connectivity index (χ0) is 51.3. The van der Waals surface area contributed by atoms with Gasteiger partial charge < -0.3 is 19.8 Å². The lowest BCUT2D eigenvalue weighted by Gasteiger charge is -2.25. The highest BCUT2D eigenvalue weighted by Gasteiger charge is 2.27. The summed E-state index contributed by atoms with van der Waals surface area (Å²) in [7, 11) is 1.55. The molecule has 70 heavy (non-hydrogen) atoms. The Kier molecular flexibility index (Phi) is 51.2. The normalized spacial score (nSPS) is 14.2. The van der Waals surface area contributed by atoms with Crippen LogP contribution in [0.3, 0.4) is 0 Å². The Hall–Kier alpha value is -1.54. The van der Waals surface area contributed by atoms with Crippen LogP contribution in [0.2, 0.25) is 0 Å². The van der Waals surface area contributed by atoms with Crippen molar-refractivity contribution in [1.29, 1.82) is 0 Å². The Morgan fingerprint density at radius 3 is 1.14 bits per heavy atom. The highest BCUT2D eigenvalue weighted by Crippen LogP contribution is 2.43. The predicted molar refractivity (Wildman–Crippen MR) is 304 cm³/mol. The van der Waals surface area contributed by atoms with Crippen LogP contribution in [-0.4, -0.2) is 73.4 Å². The van der Waals surface area contributed by atoms with E-state index in [1.54, 1.807) is 6.08 Å². The maximum absolute atomic E-state index is 13.0. The Labute approximate surface area is 435 Å². The molecule has 3 atom stereocenters. The molecule has 0 saturated heterocycles. The number of carbonyl (C=O) groups is 1. The summed E-state index contributed by atoms with van der Waals surface area (Å²) in [6, 6.07) is -0.870. The lowest BCUT2D eigenvalue weighted by atomic mass is 10.0. The third kappa shape index (κ3) is 54.2. The van der Waals surface area contributed by atoms with E-state index < -0.39 is 20.0 Å². The summed E-state index contributed by atoms with van der Waals surface area (Å²) in [6.07, 6.45) is 69.5. The summed E-state index contributed by atoms with van der Waals surface area (Å²) < 4.78 is 23.7. The minimum atomic E-state index is -4.36. The van der Waals surface area contributed by atoms with Crippen LogP contribution in [0.4, 0.5) is 0 Å². The quantitative estimate of drug-likeness (QED) is 0.0243. The molecular formula is C61H118N2O6P+. The number of allylic oxidation sites excluding steroid dienone is 7. The second-order valence-corrected chi connectivity index (χ2v) is 23.2. The van der Waals surface area contributed by atoms with Crippen LogP contribution < -0.4 is 5.32 Å². The number of phosphoric acid groups is 1. The number of likely N-dealkylation sites (N-methyl/N-ethyl adjacent to an activating group) is 1. The zero-order valence-electron chi connectivity index (χ0n) is 47.0. The number of unbranched alkanes of at least 4 members (excludes halogenated alkanes) is 36. The Balaban J connectivity index is 4.12. The number of aliphatic hydroxyl groups excluding tert-OH is 1. The van der Waals surface area contributed by atoms with Crippen LogP contribution in [0.15, 0.2) is 48.6 Å². The van der Waals surface area contributed by atoms with Gasteiger partial charge in [0.2, 0.25) is 5.91 Å². The van der Waals surface area contributed by atoms with E-state index in [0.29, 0.717) is 17.4 Å². The molecule has 0 aliphatic carbocycles. The SMILES string of the molecule is CCCCCCCCC/C=C/CC/C=C/CC/C=C/C(O)C(COP(=O)(O)OCC[N+](C)(C)C)NC(=O)CCCCCCCCCCCCCCCCC/C=C\CCCCCCCCCCCCCC. The molecule has 0 aromatic carbocycles. The Morgan fingerprint density at radius 2 is 0.786 bits per heavy atom. The second-order valence-electron chi connectivity index (χ2n) is 21.7. The molecule has 1 amide bonds. The molecule has 0 fully saturated rings. The predicted octanol–water partition coefficient (Wildman–Crippen LogP) is 18.3. The maximum atomic E-state index is 13.0. The Bertz CT molecular complexity index is 1280. The number of nitrogens with one attached hydrogen (secondary N) is 1. The fraction of sp³-hybridized carbons (Fsp3) is 0.852. The fourth-order valence-corrected chi connectivity index (χ4v) is 9.51. The van der Waals surface area contributed by atoms with Gasteiger partial charge in [0.1, 0.15) is 13.2 Å². The molecular weight excluding hydrogens is 888 g/mol. The number of nitrogens with zero attached hydrogens (tertiary/aromatic N) is 1. The minimum Gasteiger partial charge on any atom is -0.387 e. The molecule has 0 heterocycles. The van der Waals surface area contributed by atoms with E-state index >= 15 is 0 Å². The number of amides is 1. The first-order valence-electron chi connectivity index (χ1n) is 30.0. The van der Waals surface area contributed by atoms with Gasteiger partial charge in [-0.25, -0.2) is 4.57 Å². The lowest BCUT2D eigenvalue weighted by molar-refractivity contribution is -0.870. The van der Waals surface area contributed by atoms with Gasteiger partial charge in [0.15, 0.2) is 0 Å². The van der Waals surface area contributed by atoms with Crippen LogP contribution in [0.5, 0.6) is 0 Å². The van der Waals surface area contributed by atoms with Gasteiger partial charge in [-0.2, -0.15) is 0 Å². The summed E-state index contributed by atoms with van der Waals surface area (Å²) in [6.45, 7) is 4.81. The van der Waals surface area contributed by atoms with Crippen molar-refractivity contribution in [2.24, 2.45) is 0 Å². The number of hydrogen-bond acceptors (Lipinski definition) is 5. The monoisotopic (exact) mass is 1010 g/mol. The maximum Gasteiger partial charge on any atom is 0.472 e. The summed E-state index contributed by atoms with van der Waals surface area (Å²) in [4.78, 5) is 23.3. The van der Waals surface area contributed by atoms with Crippen LogP contribution in [0.25, 0.3) is 0 Å². The molecule has 0 radical (unpaired) electrons. The van der Waals surface area contributed by atoms with Crippen LogP contribution >= 0.6 is 7.82 Å². The van der Waals surface area contributed by atoms with Gasteiger partial charge in [0, 0.05) is 6.42 Å². The van der Waals surface area contributed by atoms with Crippen molar-refractivity contribution < 1.29 is 32.9 Å². The second kappa shape index (κ2) is 52.3. The molecule has 3 unspecified atom stereocenters. The first kappa shape index (κ1) is 68.5. The highest BCUT2D eigenvalue weighted by atomic mass is 31.2. The number of carbonyl (C=O) groups excluding carboxylic acids is 1. The number of phosphoric ester groups is 1. The Morgan fingerprint density at radius 1 is 0.471 bits per heavy atom. The van der Waals surface area contributed by atoms with Crippen molar-refractivity contribution in [3.63, 3.8) is 0 Å². The smallest absolute Gasteiger partial charge is 0.387 e. The highest BCUT2D eigenvalue weighted by molar-refractivity contribution is 7.47. The van der Waals surface area contributed by atoms with E-state index in [-0.39, 0.29) is 19.1 Å². The topological polar surface area (TPSA) is 105 Å². The minimum absolute atomic E-state index is 0.0537. The van der Waals surface area contributed by atoms with Gasteiger partial charge in [-0.15, -0.1) is 0 Å². The summed E-state index contributed by atoms with van der Waals surface area (Å²) in [5.74, 6) is -0.188. The summed E-state index contributed by atoms with van der Waals surface area (Å²) >= 11 is 0. The van der Waals surface area contributed by atoms with Crippen molar-refractivity contribution in [3.8, 4) is 0 Å². The van der Waals surface area contributed by atoms with E-state index in [0.717, 1.165) is 44.9 Å². The largest absolute Gasteiger partial charge is 0.472 e. The van der Waals surface area contributed by atoms with Crippen molar-refractivity contribution in [2.75, 3.05) is 40.9 Å². The first-order valence-corrected chi connectivity index (χ1v) is 31.5. The number of rotatable bonds is 55.